The number of nitrogen functional groups attached to an aromatic ring is 1. The Hall–Kier alpha value is -2.83. The summed E-state index contributed by atoms with van der Waals surface area (Å²) in [4.78, 5) is 18.8. The van der Waals surface area contributed by atoms with Gasteiger partial charge >= 0.3 is 0 Å². The minimum Gasteiger partial charge on any atom is -0.399 e. The minimum atomic E-state index is -0.236. The lowest BCUT2D eigenvalue weighted by Gasteiger charge is -2.04. The van der Waals surface area contributed by atoms with Crippen molar-refractivity contribution in [3.05, 3.63) is 46.6 Å². The Morgan fingerprint density at radius 3 is 3.05 bits per heavy atom. The van der Waals surface area contributed by atoms with Gasteiger partial charge in [0.15, 0.2) is 0 Å². The van der Waals surface area contributed by atoms with E-state index in [1.165, 1.54) is 6.26 Å². The second-order valence-corrected chi connectivity index (χ2v) is 4.04. The number of aromatic nitrogens is 3. The van der Waals surface area contributed by atoms with Crippen molar-refractivity contribution < 1.29 is 4.52 Å². The molecule has 0 atom stereocenters. The predicted molar refractivity (Wildman–Crippen MR) is 70.6 cm³/mol. The van der Waals surface area contributed by atoms with Crippen LogP contribution < -0.4 is 16.6 Å². The smallest absolute Gasteiger partial charge is 0.260 e. The van der Waals surface area contributed by atoms with Crippen LogP contribution in [0.25, 0.3) is 10.9 Å². The third-order valence-corrected chi connectivity index (χ3v) is 2.66. The van der Waals surface area contributed by atoms with E-state index >= 15 is 0 Å². The molecule has 1 aromatic carbocycles. The Morgan fingerprint density at radius 2 is 2.26 bits per heavy atom. The van der Waals surface area contributed by atoms with Crippen LogP contribution in [0, 0.1) is 0 Å². The fourth-order valence-corrected chi connectivity index (χ4v) is 1.74. The van der Waals surface area contributed by atoms with Crippen LogP contribution in [0.4, 0.5) is 11.6 Å². The number of nitrogens with two attached hydrogens (primary N) is 1. The molecule has 0 saturated carbocycles. The van der Waals surface area contributed by atoms with Gasteiger partial charge in [-0.1, -0.05) is 5.16 Å². The molecule has 96 valence electrons. The summed E-state index contributed by atoms with van der Waals surface area (Å²) in [6, 6.07) is 6.74. The van der Waals surface area contributed by atoms with Crippen molar-refractivity contribution in [2.45, 2.75) is 6.54 Å². The van der Waals surface area contributed by atoms with Crippen LogP contribution >= 0.6 is 0 Å². The highest BCUT2D eigenvalue weighted by atomic mass is 16.5. The van der Waals surface area contributed by atoms with Crippen molar-refractivity contribution in [2.75, 3.05) is 11.1 Å². The van der Waals surface area contributed by atoms with Crippen LogP contribution in [0.3, 0.4) is 0 Å². The Morgan fingerprint density at radius 1 is 1.37 bits per heavy atom. The first kappa shape index (κ1) is 11.3. The van der Waals surface area contributed by atoms with Crippen molar-refractivity contribution in [1.82, 2.24) is 15.1 Å². The molecule has 0 aliphatic rings. The van der Waals surface area contributed by atoms with Crippen LogP contribution in [-0.4, -0.2) is 15.1 Å². The maximum Gasteiger partial charge on any atom is 0.260 e. The maximum atomic E-state index is 11.9. The molecule has 0 aliphatic carbocycles. The highest BCUT2D eigenvalue weighted by Crippen LogP contribution is 2.13. The summed E-state index contributed by atoms with van der Waals surface area (Å²) in [5.41, 5.74) is 7.24. The van der Waals surface area contributed by atoms with Gasteiger partial charge in [0.1, 0.15) is 12.0 Å². The molecular weight excluding hydrogens is 246 g/mol. The number of benzene rings is 1. The zero-order chi connectivity index (χ0) is 13.2. The fourth-order valence-electron chi connectivity index (χ4n) is 1.74. The molecule has 0 aliphatic heterocycles. The summed E-state index contributed by atoms with van der Waals surface area (Å²) >= 11 is 0. The van der Waals surface area contributed by atoms with Gasteiger partial charge in [-0.25, -0.2) is 4.98 Å². The summed E-state index contributed by atoms with van der Waals surface area (Å²) in [5.74, 6) is 0.380. The van der Waals surface area contributed by atoms with Crippen molar-refractivity contribution in [3.63, 3.8) is 0 Å². The minimum absolute atomic E-state index is 0.236. The first-order valence-electron chi connectivity index (χ1n) is 5.65. The Bertz CT molecular complexity index is 763. The Labute approximate surface area is 107 Å². The van der Waals surface area contributed by atoms with Gasteiger partial charge in [0.05, 0.1) is 17.4 Å². The molecule has 4 N–H and O–H groups in total. The molecule has 7 heteroatoms. The molecule has 0 bridgehead atoms. The number of hydrogen-bond donors (Lipinski definition) is 3. The van der Waals surface area contributed by atoms with E-state index in [4.69, 9.17) is 10.3 Å². The summed E-state index contributed by atoms with van der Waals surface area (Å²) < 4.78 is 4.71. The molecule has 0 unspecified atom stereocenters. The van der Waals surface area contributed by atoms with Crippen LogP contribution in [0.1, 0.15) is 5.69 Å². The van der Waals surface area contributed by atoms with Gasteiger partial charge < -0.3 is 15.6 Å². The van der Waals surface area contributed by atoms with E-state index in [9.17, 15) is 4.79 Å². The van der Waals surface area contributed by atoms with E-state index in [1.54, 1.807) is 24.3 Å². The number of nitrogens with one attached hydrogen (secondary N) is 2. The first-order valence-corrected chi connectivity index (χ1v) is 5.65. The number of rotatable bonds is 3. The Kier molecular flexibility index (Phi) is 2.64. The van der Waals surface area contributed by atoms with E-state index in [-0.39, 0.29) is 5.56 Å². The van der Waals surface area contributed by atoms with E-state index in [0.29, 0.717) is 29.1 Å². The van der Waals surface area contributed by atoms with E-state index in [1.807, 2.05) is 0 Å². The van der Waals surface area contributed by atoms with Crippen LogP contribution in [0.5, 0.6) is 0 Å². The normalized spacial score (nSPS) is 10.7. The van der Waals surface area contributed by atoms with E-state index in [0.717, 1.165) is 5.69 Å². The number of fused-ring (bicyclic) bond motifs is 1. The highest BCUT2D eigenvalue weighted by Gasteiger charge is 2.04. The topological polar surface area (TPSA) is 110 Å². The third kappa shape index (κ3) is 2.25. The quantitative estimate of drug-likeness (QED) is 0.606. The molecule has 0 radical (unpaired) electrons. The van der Waals surface area contributed by atoms with Gasteiger partial charge in [0.25, 0.3) is 5.56 Å². The zero-order valence-electron chi connectivity index (χ0n) is 9.88. The van der Waals surface area contributed by atoms with Crippen molar-refractivity contribution in [2.24, 2.45) is 0 Å². The van der Waals surface area contributed by atoms with Gasteiger partial charge in [0, 0.05) is 11.8 Å². The SMILES string of the molecule is Nc1ccc2nc(NCc3ccon3)[nH]c(=O)c2c1. The molecule has 7 nitrogen and oxygen atoms in total. The van der Waals surface area contributed by atoms with Crippen molar-refractivity contribution in [1.29, 1.82) is 0 Å². The summed E-state index contributed by atoms with van der Waals surface area (Å²) in [6.07, 6.45) is 1.48. The van der Waals surface area contributed by atoms with E-state index in [2.05, 4.69) is 20.4 Å². The van der Waals surface area contributed by atoms with Crippen molar-refractivity contribution in [3.8, 4) is 0 Å². The second kappa shape index (κ2) is 4.45. The molecule has 0 spiro atoms. The largest absolute Gasteiger partial charge is 0.399 e. The molecular formula is C12H11N5O2. The van der Waals surface area contributed by atoms with Gasteiger partial charge in [-0.15, -0.1) is 0 Å². The average Bonchev–Trinajstić information content (AvgIpc) is 2.90. The van der Waals surface area contributed by atoms with Crippen LogP contribution in [0.15, 0.2) is 39.8 Å². The predicted octanol–water partition coefficient (Wildman–Crippen LogP) is 1.11. The molecule has 3 aromatic rings. The molecule has 2 heterocycles. The highest BCUT2D eigenvalue weighted by molar-refractivity contribution is 5.81. The molecule has 0 saturated heterocycles. The number of H-pyrrole nitrogens is 1. The summed E-state index contributed by atoms with van der Waals surface area (Å²) in [5, 5.41) is 7.19. The number of nitrogens with zero attached hydrogens (tertiary/aromatic N) is 2. The number of hydrogen-bond acceptors (Lipinski definition) is 6. The average molecular weight is 257 g/mol. The molecule has 3 rings (SSSR count). The lowest BCUT2D eigenvalue weighted by atomic mass is 10.2. The standard InChI is InChI=1S/C12H11N5O2/c13-7-1-2-10-9(5-7)11(18)16-12(15-10)14-6-8-3-4-19-17-8/h1-5H,6,13H2,(H2,14,15,16,18). The van der Waals surface area contributed by atoms with Gasteiger partial charge in [-0.3, -0.25) is 9.78 Å². The number of anilines is 2. The molecule has 19 heavy (non-hydrogen) atoms. The number of aromatic amines is 1. The molecule has 0 fully saturated rings. The van der Waals surface area contributed by atoms with Gasteiger partial charge in [0.2, 0.25) is 5.95 Å². The van der Waals surface area contributed by atoms with Crippen molar-refractivity contribution >= 4 is 22.5 Å². The zero-order valence-corrected chi connectivity index (χ0v) is 9.88. The first-order chi connectivity index (χ1) is 9.22. The van der Waals surface area contributed by atoms with Crippen LogP contribution in [-0.2, 0) is 6.54 Å². The lowest BCUT2D eigenvalue weighted by molar-refractivity contribution is 0.412. The maximum absolute atomic E-state index is 11.9. The van der Waals surface area contributed by atoms with E-state index < -0.39 is 0 Å². The molecule has 0 amide bonds. The monoisotopic (exact) mass is 257 g/mol. The lowest BCUT2D eigenvalue weighted by Crippen LogP contribution is -2.13. The summed E-state index contributed by atoms with van der Waals surface area (Å²) in [6.45, 7) is 0.417. The molecule has 2 aromatic heterocycles. The Balaban J connectivity index is 1.93. The fraction of sp³-hybridized carbons (Fsp3) is 0.0833. The van der Waals surface area contributed by atoms with Gasteiger partial charge in [-0.2, -0.15) is 0 Å². The second-order valence-electron chi connectivity index (χ2n) is 4.04. The third-order valence-electron chi connectivity index (χ3n) is 2.66. The summed E-state index contributed by atoms with van der Waals surface area (Å²) in [7, 11) is 0. The van der Waals surface area contributed by atoms with Gasteiger partial charge in [-0.05, 0) is 18.2 Å². The van der Waals surface area contributed by atoms with Crippen LogP contribution in [0.2, 0.25) is 0 Å².